The summed E-state index contributed by atoms with van der Waals surface area (Å²) in [6, 6.07) is 1.80. The zero-order chi connectivity index (χ0) is 11.2. The number of nitrogens with one attached hydrogen (secondary N) is 1. The Morgan fingerprint density at radius 3 is 3.06 bits per heavy atom. The van der Waals surface area contributed by atoms with Crippen LogP contribution in [-0.4, -0.2) is 46.3 Å². The van der Waals surface area contributed by atoms with Gasteiger partial charge in [-0.2, -0.15) is 5.10 Å². The van der Waals surface area contributed by atoms with Gasteiger partial charge in [0, 0.05) is 12.2 Å². The van der Waals surface area contributed by atoms with Crippen molar-refractivity contribution in [2.24, 2.45) is 0 Å². The summed E-state index contributed by atoms with van der Waals surface area (Å²) >= 11 is 0. The maximum atomic E-state index is 12.3. The van der Waals surface area contributed by atoms with Gasteiger partial charge < -0.3 is 9.64 Å². The van der Waals surface area contributed by atoms with E-state index in [1.807, 2.05) is 11.8 Å². The number of nitrogens with zero attached hydrogens (tertiary/aromatic N) is 2. The summed E-state index contributed by atoms with van der Waals surface area (Å²) in [7, 11) is 0. The molecule has 1 amide bonds. The summed E-state index contributed by atoms with van der Waals surface area (Å²) in [4.78, 5) is 14.2. The monoisotopic (exact) mass is 221 g/mol. The molecule has 0 unspecified atom stereocenters. The van der Waals surface area contributed by atoms with Gasteiger partial charge in [0.15, 0.2) is 0 Å². The van der Waals surface area contributed by atoms with Crippen molar-refractivity contribution in [1.29, 1.82) is 0 Å². The number of aromatic nitrogens is 2. The van der Waals surface area contributed by atoms with Crippen molar-refractivity contribution in [1.82, 2.24) is 15.1 Å². The lowest BCUT2D eigenvalue weighted by Gasteiger charge is -2.35. The molecule has 1 aliphatic heterocycles. The first-order valence-electron chi connectivity index (χ1n) is 5.63. The molecule has 3 rings (SSSR count). The first-order valence-corrected chi connectivity index (χ1v) is 5.63. The normalized spacial score (nSPS) is 22.4. The zero-order valence-corrected chi connectivity index (χ0v) is 9.32. The number of hydrogen-bond donors (Lipinski definition) is 1. The molecule has 1 aromatic rings. The van der Waals surface area contributed by atoms with Crippen LogP contribution in [-0.2, 0) is 4.74 Å². The Bertz CT molecular complexity index is 423. The maximum Gasteiger partial charge on any atom is 0.274 e. The summed E-state index contributed by atoms with van der Waals surface area (Å²) in [6.45, 7) is 3.90. The molecule has 2 fully saturated rings. The summed E-state index contributed by atoms with van der Waals surface area (Å²) < 4.78 is 5.45. The molecule has 1 saturated carbocycles. The molecule has 86 valence electrons. The fourth-order valence-electron chi connectivity index (χ4n) is 2.27. The molecule has 1 N–H and O–H groups in total. The summed E-state index contributed by atoms with van der Waals surface area (Å²) in [5.74, 6) is 0.0325. The first-order chi connectivity index (χ1) is 7.71. The fourth-order valence-corrected chi connectivity index (χ4v) is 2.27. The van der Waals surface area contributed by atoms with Crippen LogP contribution in [0.3, 0.4) is 0 Å². The summed E-state index contributed by atoms with van der Waals surface area (Å²) in [5.41, 5.74) is 1.43. The van der Waals surface area contributed by atoms with Crippen molar-refractivity contribution in [3.63, 3.8) is 0 Å². The number of ether oxygens (including phenoxy) is 1. The van der Waals surface area contributed by atoms with Crippen LogP contribution < -0.4 is 0 Å². The summed E-state index contributed by atoms with van der Waals surface area (Å²) in [6.07, 6.45) is 2.12. The van der Waals surface area contributed by atoms with Gasteiger partial charge in [-0.25, -0.2) is 0 Å². The average molecular weight is 221 g/mol. The van der Waals surface area contributed by atoms with Crippen LogP contribution >= 0.6 is 0 Å². The van der Waals surface area contributed by atoms with Crippen molar-refractivity contribution in [3.05, 3.63) is 17.5 Å². The number of aromatic amines is 1. The molecule has 0 radical (unpaired) electrons. The van der Waals surface area contributed by atoms with Crippen molar-refractivity contribution in [3.8, 4) is 0 Å². The zero-order valence-electron chi connectivity index (χ0n) is 9.32. The number of aryl methyl sites for hydroxylation is 1. The molecule has 2 aliphatic rings. The van der Waals surface area contributed by atoms with Crippen LogP contribution in [0.2, 0.25) is 0 Å². The van der Waals surface area contributed by atoms with E-state index in [0.717, 1.165) is 18.5 Å². The Labute approximate surface area is 93.8 Å². The molecule has 1 spiro atoms. The van der Waals surface area contributed by atoms with E-state index in [9.17, 15) is 4.79 Å². The molecule has 5 heteroatoms. The molecule has 1 aromatic heterocycles. The molecule has 5 nitrogen and oxygen atoms in total. The molecule has 16 heavy (non-hydrogen) atoms. The predicted molar refractivity (Wildman–Crippen MR) is 57.1 cm³/mol. The average Bonchev–Trinajstić information content (AvgIpc) is 2.90. The van der Waals surface area contributed by atoms with Gasteiger partial charge in [0.05, 0.1) is 18.8 Å². The Kier molecular flexibility index (Phi) is 2.04. The van der Waals surface area contributed by atoms with Crippen molar-refractivity contribution in [2.75, 3.05) is 19.8 Å². The minimum Gasteiger partial charge on any atom is -0.377 e. The maximum absolute atomic E-state index is 12.3. The van der Waals surface area contributed by atoms with Gasteiger partial charge >= 0.3 is 0 Å². The van der Waals surface area contributed by atoms with E-state index in [-0.39, 0.29) is 11.4 Å². The molecule has 0 aromatic carbocycles. The van der Waals surface area contributed by atoms with E-state index in [1.165, 1.54) is 0 Å². The first kappa shape index (κ1) is 9.84. The number of morpholine rings is 1. The van der Waals surface area contributed by atoms with Gasteiger partial charge in [-0.05, 0) is 25.8 Å². The van der Waals surface area contributed by atoms with E-state index in [2.05, 4.69) is 10.2 Å². The van der Waals surface area contributed by atoms with Crippen LogP contribution in [0.1, 0.15) is 29.0 Å². The lowest BCUT2D eigenvalue weighted by molar-refractivity contribution is -0.0120. The molecule has 1 saturated heterocycles. The standard InChI is InChI=1S/C11H15N3O2/c1-8-6-9(13-12-8)10(15)14-4-5-16-7-11(14)2-3-11/h6H,2-5,7H2,1H3,(H,12,13). The molecule has 0 bridgehead atoms. The number of rotatable bonds is 1. The quantitative estimate of drug-likeness (QED) is 0.760. The topological polar surface area (TPSA) is 58.2 Å². The molecular weight excluding hydrogens is 206 g/mol. The minimum absolute atomic E-state index is 0.0117. The Hall–Kier alpha value is -1.36. The molecule has 1 aliphatic carbocycles. The highest BCUT2D eigenvalue weighted by atomic mass is 16.5. The van der Waals surface area contributed by atoms with Crippen LogP contribution in [0, 0.1) is 6.92 Å². The van der Waals surface area contributed by atoms with Gasteiger partial charge in [-0.1, -0.05) is 0 Å². The third-order valence-corrected chi connectivity index (χ3v) is 3.40. The highest BCUT2D eigenvalue weighted by Crippen LogP contribution is 2.44. The second-order valence-corrected chi connectivity index (χ2v) is 4.67. The Morgan fingerprint density at radius 2 is 2.44 bits per heavy atom. The number of hydrogen-bond acceptors (Lipinski definition) is 3. The highest BCUT2D eigenvalue weighted by Gasteiger charge is 2.52. The third kappa shape index (κ3) is 1.43. The summed E-state index contributed by atoms with van der Waals surface area (Å²) in [5, 5.41) is 6.83. The van der Waals surface area contributed by atoms with Gasteiger partial charge in [0.2, 0.25) is 0 Å². The lowest BCUT2D eigenvalue weighted by Crippen LogP contribution is -2.50. The number of H-pyrrole nitrogens is 1. The van der Waals surface area contributed by atoms with Crippen LogP contribution in [0.5, 0.6) is 0 Å². The second kappa shape index (κ2) is 3.31. The lowest BCUT2D eigenvalue weighted by atomic mass is 10.2. The Balaban J connectivity index is 1.84. The van der Waals surface area contributed by atoms with Gasteiger partial charge in [-0.3, -0.25) is 9.89 Å². The number of carbonyl (C=O) groups excluding carboxylic acids is 1. The van der Waals surface area contributed by atoms with E-state index < -0.39 is 0 Å². The largest absolute Gasteiger partial charge is 0.377 e. The highest BCUT2D eigenvalue weighted by molar-refractivity contribution is 5.93. The minimum atomic E-state index is -0.0117. The Morgan fingerprint density at radius 1 is 1.62 bits per heavy atom. The second-order valence-electron chi connectivity index (χ2n) is 4.67. The van der Waals surface area contributed by atoms with E-state index in [4.69, 9.17) is 4.74 Å². The van der Waals surface area contributed by atoms with Gasteiger partial charge in [-0.15, -0.1) is 0 Å². The van der Waals surface area contributed by atoms with Crippen molar-refractivity contribution < 1.29 is 9.53 Å². The fraction of sp³-hybridized carbons (Fsp3) is 0.636. The third-order valence-electron chi connectivity index (χ3n) is 3.40. The van der Waals surface area contributed by atoms with E-state index >= 15 is 0 Å². The van der Waals surface area contributed by atoms with E-state index in [1.54, 1.807) is 6.07 Å². The van der Waals surface area contributed by atoms with E-state index in [0.29, 0.717) is 25.5 Å². The molecule has 0 atom stereocenters. The van der Waals surface area contributed by atoms with Gasteiger partial charge in [0.1, 0.15) is 5.69 Å². The number of amides is 1. The van der Waals surface area contributed by atoms with Crippen LogP contribution in [0.25, 0.3) is 0 Å². The van der Waals surface area contributed by atoms with Crippen molar-refractivity contribution in [2.45, 2.75) is 25.3 Å². The van der Waals surface area contributed by atoms with Gasteiger partial charge in [0.25, 0.3) is 5.91 Å². The van der Waals surface area contributed by atoms with Crippen LogP contribution in [0.4, 0.5) is 0 Å². The molecule has 2 heterocycles. The molecular formula is C11H15N3O2. The smallest absolute Gasteiger partial charge is 0.274 e. The SMILES string of the molecule is Cc1cc(C(=O)N2CCOCC23CC3)n[nH]1. The van der Waals surface area contributed by atoms with Crippen LogP contribution in [0.15, 0.2) is 6.07 Å². The predicted octanol–water partition coefficient (Wildman–Crippen LogP) is 0.723. The van der Waals surface area contributed by atoms with Crippen molar-refractivity contribution >= 4 is 5.91 Å². The number of carbonyl (C=O) groups is 1.